The molecule has 0 aromatic carbocycles. The van der Waals surface area contributed by atoms with E-state index in [4.69, 9.17) is 4.74 Å². The summed E-state index contributed by atoms with van der Waals surface area (Å²) in [7, 11) is 0. The highest BCUT2D eigenvalue weighted by molar-refractivity contribution is 6.05. The molecule has 2 amide bonds. The van der Waals surface area contributed by atoms with Crippen LogP contribution in [0.15, 0.2) is 29.5 Å². The number of aromatic nitrogens is 2. The topological polar surface area (TPSA) is 84.8 Å². The van der Waals surface area contributed by atoms with Crippen LogP contribution in [0.25, 0.3) is 0 Å². The number of amides is 2. The molecule has 3 atom stereocenters. The van der Waals surface area contributed by atoms with Gasteiger partial charge in [0.1, 0.15) is 0 Å². The number of likely N-dealkylation sites (tertiary alicyclic amines) is 1. The number of aryl methyl sites for hydroxylation is 1. The van der Waals surface area contributed by atoms with E-state index in [1.165, 1.54) is 12.3 Å². The van der Waals surface area contributed by atoms with Crippen LogP contribution in [-0.4, -0.2) is 52.6 Å². The summed E-state index contributed by atoms with van der Waals surface area (Å²) in [5, 5.41) is 0. The zero-order chi connectivity index (χ0) is 18.1. The van der Waals surface area contributed by atoms with Crippen molar-refractivity contribution in [3.8, 4) is 6.01 Å². The summed E-state index contributed by atoms with van der Waals surface area (Å²) < 4.78 is 5.89. The van der Waals surface area contributed by atoms with Gasteiger partial charge in [-0.3, -0.25) is 9.59 Å². The van der Waals surface area contributed by atoms with Crippen molar-refractivity contribution in [2.45, 2.75) is 26.2 Å². The van der Waals surface area contributed by atoms with Gasteiger partial charge in [-0.1, -0.05) is 12.5 Å². The van der Waals surface area contributed by atoms with Gasteiger partial charge in [-0.05, 0) is 31.2 Å². The predicted molar refractivity (Wildman–Crippen MR) is 94.7 cm³/mol. The summed E-state index contributed by atoms with van der Waals surface area (Å²) in [4.78, 5) is 38.0. The van der Waals surface area contributed by atoms with E-state index in [-0.39, 0.29) is 17.2 Å². The fourth-order valence-corrected chi connectivity index (χ4v) is 4.27. The Morgan fingerprint density at radius 2 is 2.19 bits per heavy atom. The standard InChI is InChI=1S/C19H22N4O3/c1-13-7-21-18(22-8-13)26-12-19-6-2-3-15(19)10-23(11-19)17(25)14-4-5-16(24)20-9-14/h4-5,7-9,14-15H,2-3,6,10-12H2,1H3. The molecule has 1 aromatic heterocycles. The van der Waals surface area contributed by atoms with Gasteiger partial charge < -0.3 is 9.64 Å². The number of dihydropyridines is 1. The van der Waals surface area contributed by atoms with Gasteiger partial charge in [-0.15, -0.1) is 0 Å². The summed E-state index contributed by atoms with van der Waals surface area (Å²) in [6, 6.07) is 0.390. The molecule has 2 aliphatic heterocycles. The average molecular weight is 354 g/mol. The highest BCUT2D eigenvalue weighted by atomic mass is 16.5. The van der Waals surface area contributed by atoms with Crippen molar-refractivity contribution in [1.29, 1.82) is 0 Å². The minimum absolute atomic E-state index is 0.0119. The largest absolute Gasteiger partial charge is 0.463 e. The molecular formula is C19H22N4O3. The monoisotopic (exact) mass is 354 g/mol. The van der Waals surface area contributed by atoms with Crippen molar-refractivity contribution in [2.75, 3.05) is 19.7 Å². The third-order valence-electron chi connectivity index (χ3n) is 5.69. The van der Waals surface area contributed by atoms with Crippen molar-refractivity contribution in [2.24, 2.45) is 22.2 Å². The Hall–Kier alpha value is -2.57. The maximum Gasteiger partial charge on any atom is 0.316 e. The fourth-order valence-electron chi connectivity index (χ4n) is 4.27. The molecule has 1 aromatic rings. The van der Waals surface area contributed by atoms with Gasteiger partial charge in [0.25, 0.3) is 5.91 Å². The lowest BCUT2D eigenvalue weighted by Gasteiger charge is -2.28. The quantitative estimate of drug-likeness (QED) is 0.819. The Balaban J connectivity index is 1.43. The van der Waals surface area contributed by atoms with E-state index in [0.717, 1.165) is 31.4 Å². The fraction of sp³-hybridized carbons (Fsp3) is 0.526. The van der Waals surface area contributed by atoms with Gasteiger partial charge in [-0.2, -0.15) is 0 Å². The first kappa shape index (κ1) is 16.9. The van der Waals surface area contributed by atoms with Crippen LogP contribution >= 0.6 is 0 Å². The molecule has 7 nitrogen and oxygen atoms in total. The number of hydrogen-bond donors (Lipinski definition) is 0. The number of nitrogens with zero attached hydrogens (tertiary/aromatic N) is 4. The van der Waals surface area contributed by atoms with E-state index < -0.39 is 5.92 Å². The molecule has 7 heteroatoms. The van der Waals surface area contributed by atoms with E-state index in [1.807, 2.05) is 11.8 Å². The first-order valence-corrected chi connectivity index (χ1v) is 9.02. The van der Waals surface area contributed by atoms with Gasteiger partial charge in [0.05, 0.1) is 12.5 Å². The smallest absolute Gasteiger partial charge is 0.316 e. The Kier molecular flexibility index (Phi) is 4.30. The first-order valence-electron chi connectivity index (χ1n) is 9.02. The lowest BCUT2D eigenvalue weighted by molar-refractivity contribution is -0.131. The lowest BCUT2D eigenvalue weighted by atomic mass is 9.82. The van der Waals surface area contributed by atoms with Gasteiger partial charge in [-0.25, -0.2) is 15.0 Å². The normalized spacial score (nSPS) is 29.9. The molecule has 0 bridgehead atoms. The maximum atomic E-state index is 12.8. The summed E-state index contributed by atoms with van der Waals surface area (Å²) in [6.07, 6.45) is 11.2. The van der Waals surface area contributed by atoms with Crippen molar-refractivity contribution in [1.82, 2.24) is 14.9 Å². The maximum absolute atomic E-state index is 12.8. The van der Waals surface area contributed by atoms with E-state index in [9.17, 15) is 9.59 Å². The highest BCUT2D eigenvalue weighted by Crippen LogP contribution is 2.49. The van der Waals surface area contributed by atoms with Crippen molar-refractivity contribution in [3.05, 3.63) is 30.1 Å². The molecule has 1 saturated heterocycles. The average Bonchev–Trinajstić information content (AvgIpc) is 3.19. The molecule has 3 unspecified atom stereocenters. The molecule has 3 aliphatic rings. The molecule has 3 heterocycles. The number of fused-ring (bicyclic) bond motifs is 1. The van der Waals surface area contributed by atoms with E-state index in [0.29, 0.717) is 25.1 Å². The van der Waals surface area contributed by atoms with Crippen LogP contribution in [0, 0.1) is 24.2 Å². The number of aliphatic imine (C=N–C) groups is 1. The van der Waals surface area contributed by atoms with Crippen molar-refractivity contribution < 1.29 is 14.3 Å². The minimum atomic E-state index is -0.440. The molecule has 1 aliphatic carbocycles. The second-order valence-corrected chi connectivity index (χ2v) is 7.50. The predicted octanol–water partition coefficient (Wildman–Crippen LogP) is 1.58. The minimum Gasteiger partial charge on any atom is -0.463 e. The molecule has 1 saturated carbocycles. The van der Waals surface area contributed by atoms with Gasteiger partial charge in [0, 0.05) is 43.2 Å². The highest BCUT2D eigenvalue weighted by Gasteiger charge is 2.51. The summed E-state index contributed by atoms with van der Waals surface area (Å²) in [5.74, 6) is -0.305. The molecule has 0 radical (unpaired) electrons. The van der Waals surface area contributed by atoms with E-state index in [1.54, 1.807) is 18.5 Å². The zero-order valence-electron chi connectivity index (χ0n) is 14.8. The third-order valence-corrected chi connectivity index (χ3v) is 5.69. The molecular weight excluding hydrogens is 332 g/mol. The Morgan fingerprint density at radius 3 is 2.92 bits per heavy atom. The zero-order valence-corrected chi connectivity index (χ0v) is 14.8. The number of ether oxygens (including phenoxy) is 1. The molecule has 0 spiro atoms. The van der Waals surface area contributed by atoms with Gasteiger partial charge in [0.2, 0.25) is 5.91 Å². The Labute approximate surface area is 152 Å². The van der Waals surface area contributed by atoms with Gasteiger partial charge in [0.15, 0.2) is 0 Å². The molecule has 0 N–H and O–H groups in total. The molecule has 136 valence electrons. The second-order valence-electron chi connectivity index (χ2n) is 7.50. The number of carbonyl (C=O) groups excluding carboxylic acids is 2. The molecule has 4 rings (SSSR count). The van der Waals surface area contributed by atoms with Crippen LogP contribution in [0.2, 0.25) is 0 Å². The van der Waals surface area contributed by atoms with Crippen LogP contribution in [0.4, 0.5) is 0 Å². The van der Waals surface area contributed by atoms with Crippen LogP contribution in [0.5, 0.6) is 6.01 Å². The van der Waals surface area contributed by atoms with E-state index >= 15 is 0 Å². The summed E-state index contributed by atoms with van der Waals surface area (Å²) in [5.41, 5.74) is 0.961. The third kappa shape index (κ3) is 3.13. The van der Waals surface area contributed by atoms with Crippen molar-refractivity contribution >= 4 is 18.0 Å². The SMILES string of the molecule is Cc1cnc(OCC23CCCC2CN(C(=O)C2C=CC(=O)N=C2)C3)nc1. The second kappa shape index (κ2) is 6.63. The lowest BCUT2D eigenvalue weighted by Crippen LogP contribution is -2.38. The molecule has 2 fully saturated rings. The summed E-state index contributed by atoms with van der Waals surface area (Å²) >= 11 is 0. The van der Waals surface area contributed by atoms with Gasteiger partial charge >= 0.3 is 6.01 Å². The van der Waals surface area contributed by atoms with Crippen LogP contribution in [0.1, 0.15) is 24.8 Å². The van der Waals surface area contributed by atoms with Crippen LogP contribution < -0.4 is 4.74 Å². The summed E-state index contributed by atoms with van der Waals surface area (Å²) in [6.45, 7) is 3.88. The Bertz CT molecular complexity index is 757. The Morgan fingerprint density at radius 1 is 1.38 bits per heavy atom. The van der Waals surface area contributed by atoms with Crippen molar-refractivity contribution in [3.63, 3.8) is 0 Å². The number of carbonyl (C=O) groups is 2. The molecule has 26 heavy (non-hydrogen) atoms. The number of rotatable bonds is 4. The van der Waals surface area contributed by atoms with Crippen LogP contribution in [-0.2, 0) is 9.59 Å². The van der Waals surface area contributed by atoms with Crippen LogP contribution in [0.3, 0.4) is 0 Å². The first-order chi connectivity index (χ1) is 12.6. The van der Waals surface area contributed by atoms with E-state index in [2.05, 4.69) is 15.0 Å². The number of hydrogen-bond acceptors (Lipinski definition) is 5.